The van der Waals surface area contributed by atoms with Crippen LogP contribution in [0.25, 0.3) is 22.2 Å². The number of rotatable bonds is 5. The second-order valence-electron chi connectivity index (χ2n) is 5.92. The molecule has 0 atom stereocenters. The third-order valence-electron chi connectivity index (χ3n) is 4.32. The number of pyridine rings is 1. The maximum atomic E-state index is 13.1. The number of nitrogens with zero attached hydrogens (tertiary/aromatic N) is 3. The van der Waals surface area contributed by atoms with Crippen molar-refractivity contribution >= 4 is 23.1 Å². The van der Waals surface area contributed by atoms with Crippen molar-refractivity contribution in [3.05, 3.63) is 69.9 Å². The minimum atomic E-state index is -0.173. The summed E-state index contributed by atoms with van der Waals surface area (Å²) < 4.78 is 12.7. The second-order valence-corrected chi connectivity index (χ2v) is 6.31. The summed E-state index contributed by atoms with van der Waals surface area (Å²) in [5.74, 6) is 1.09. The van der Waals surface area contributed by atoms with Crippen LogP contribution in [0.15, 0.2) is 58.3 Å². The molecule has 27 heavy (non-hydrogen) atoms. The van der Waals surface area contributed by atoms with Gasteiger partial charge in [-0.3, -0.25) is 14.3 Å². The van der Waals surface area contributed by atoms with E-state index in [-0.39, 0.29) is 5.56 Å². The van der Waals surface area contributed by atoms with Gasteiger partial charge < -0.3 is 14.1 Å². The minimum absolute atomic E-state index is 0.173. The van der Waals surface area contributed by atoms with Crippen LogP contribution in [-0.4, -0.2) is 26.6 Å². The van der Waals surface area contributed by atoms with Gasteiger partial charge in [-0.2, -0.15) is 0 Å². The average molecular weight is 380 g/mol. The molecule has 0 saturated carbocycles. The van der Waals surface area contributed by atoms with E-state index in [0.717, 1.165) is 5.69 Å². The lowest BCUT2D eigenvalue weighted by Crippen LogP contribution is -2.23. The maximum Gasteiger partial charge on any atom is 0.262 e. The van der Waals surface area contributed by atoms with Crippen molar-refractivity contribution in [2.24, 2.45) is 0 Å². The third kappa shape index (κ3) is 3.26. The predicted octanol–water partition coefficient (Wildman–Crippen LogP) is 3.36. The molecule has 0 unspecified atom stereocenters. The second kappa shape index (κ2) is 7.16. The predicted molar refractivity (Wildman–Crippen MR) is 103 cm³/mol. The van der Waals surface area contributed by atoms with Crippen molar-refractivity contribution in [3.63, 3.8) is 0 Å². The lowest BCUT2D eigenvalue weighted by molar-refractivity contribution is 0.415. The van der Waals surface area contributed by atoms with Gasteiger partial charge >= 0.3 is 0 Å². The summed E-state index contributed by atoms with van der Waals surface area (Å²) in [4.78, 5) is 24.4. The molecule has 136 valence electrons. The molecule has 3 aromatic heterocycles. The van der Waals surface area contributed by atoms with E-state index in [1.54, 1.807) is 36.2 Å². The van der Waals surface area contributed by atoms with Gasteiger partial charge in [0.1, 0.15) is 5.75 Å². The Kier molecular flexibility index (Phi) is 4.55. The van der Waals surface area contributed by atoms with Gasteiger partial charge in [-0.15, -0.1) is 0 Å². The average Bonchev–Trinajstić information content (AvgIpc) is 3.22. The van der Waals surface area contributed by atoms with Crippen LogP contribution in [0.4, 0.5) is 0 Å². The number of hydrogen-bond acceptors (Lipinski definition) is 6. The number of methoxy groups -OCH3 is 1. The molecule has 0 saturated heterocycles. The molecule has 0 aliphatic carbocycles. The fourth-order valence-corrected chi connectivity index (χ4v) is 3.25. The Bertz CT molecular complexity index is 1200. The van der Waals surface area contributed by atoms with Crippen molar-refractivity contribution in [2.45, 2.75) is 13.0 Å². The summed E-state index contributed by atoms with van der Waals surface area (Å²) >= 11 is 5.39. The number of benzene rings is 1. The van der Waals surface area contributed by atoms with Crippen LogP contribution in [0.2, 0.25) is 0 Å². The lowest BCUT2D eigenvalue weighted by Gasteiger charge is -2.11. The zero-order valence-electron chi connectivity index (χ0n) is 14.5. The Balaban J connectivity index is 1.82. The van der Waals surface area contributed by atoms with Crippen LogP contribution < -0.4 is 10.3 Å². The van der Waals surface area contributed by atoms with Crippen LogP contribution in [0.1, 0.15) is 5.69 Å². The number of oxazole rings is 1. The monoisotopic (exact) mass is 380 g/mol. The van der Waals surface area contributed by atoms with Gasteiger partial charge in [0, 0.05) is 30.9 Å². The van der Waals surface area contributed by atoms with Crippen molar-refractivity contribution < 1.29 is 9.15 Å². The number of aromatic amines is 1. The molecule has 0 aliphatic rings. The van der Waals surface area contributed by atoms with E-state index >= 15 is 0 Å². The molecule has 1 aromatic carbocycles. The smallest absolute Gasteiger partial charge is 0.262 e. The summed E-state index contributed by atoms with van der Waals surface area (Å²) in [7, 11) is 1.56. The summed E-state index contributed by atoms with van der Waals surface area (Å²) in [6.07, 6.45) is 5.25. The summed E-state index contributed by atoms with van der Waals surface area (Å²) in [5.41, 5.74) is 1.99. The number of aromatic nitrogens is 4. The number of nitrogens with one attached hydrogen (secondary N) is 1. The molecule has 0 spiro atoms. The third-order valence-corrected chi connectivity index (χ3v) is 4.64. The fraction of sp³-hybridized carbons (Fsp3) is 0.158. The summed E-state index contributed by atoms with van der Waals surface area (Å²) in [5, 5.41) is 0.497. The van der Waals surface area contributed by atoms with Crippen molar-refractivity contribution in [1.29, 1.82) is 0 Å². The molecule has 0 amide bonds. The molecule has 0 radical (unpaired) electrons. The highest BCUT2D eigenvalue weighted by Crippen LogP contribution is 2.32. The Morgan fingerprint density at radius 1 is 1.33 bits per heavy atom. The SMILES string of the molecule is COc1cc2[nH]c(=S)n(CCc3ccccn3)c(=O)c2cc1-c1cnco1. The first-order chi connectivity index (χ1) is 13.2. The van der Waals surface area contributed by atoms with Crippen LogP contribution in [0.5, 0.6) is 5.75 Å². The van der Waals surface area contributed by atoms with E-state index in [2.05, 4.69) is 15.0 Å². The van der Waals surface area contributed by atoms with Crippen LogP contribution in [-0.2, 0) is 13.0 Å². The number of fused-ring (bicyclic) bond motifs is 1. The standard InChI is InChI=1S/C19H16N4O3S/c1-25-16-9-15-13(8-14(16)17-10-20-11-26-17)18(24)23(19(27)22-15)7-5-12-4-2-3-6-21-12/h2-4,6,8-11H,5,7H2,1H3,(H,22,27). The Morgan fingerprint density at radius 2 is 2.22 bits per heavy atom. The lowest BCUT2D eigenvalue weighted by atomic mass is 10.1. The topological polar surface area (TPSA) is 85.9 Å². The zero-order chi connectivity index (χ0) is 18.8. The highest BCUT2D eigenvalue weighted by molar-refractivity contribution is 7.71. The Labute approximate surface area is 159 Å². The molecule has 1 N–H and O–H groups in total. The first-order valence-corrected chi connectivity index (χ1v) is 8.72. The highest BCUT2D eigenvalue weighted by Gasteiger charge is 2.14. The van der Waals surface area contributed by atoms with Gasteiger partial charge in [-0.25, -0.2) is 4.98 Å². The minimum Gasteiger partial charge on any atom is -0.496 e. The molecule has 8 heteroatoms. The Hall–Kier alpha value is -3.26. The first kappa shape index (κ1) is 17.2. The molecule has 0 aliphatic heterocycles. The van der Waals surface area contributed by atoms with E-state index in [9.17, 15) is 4.79 Å². The molecule has 3 heterocycles. The maximum absolute atomic E-state index is 13.1. The van der Waals surface area contributed by atoms with E-state index in [4.69, 9.17) is 21.4 Å². The number of hydrogen-bond donors (Lipinski definition) is 1. The number of H-pyrrole nitrogens is 1. The molecule has 4 rings (SSSR count). The Morgan fingerprint density at radius 3 is 2.93 bits per heavy atom. The molecule has 0 fully saturated rings. The van der Waals surface area contributed by atoms with Gasteiger partial charge in [-0.1, -0.05) is 6.07 Å². The van der Waals surface area contributed by atoms with E-state index in [0.29, 0.717) is 45.7 Å². The summed E-state index contributed by atoms with van der Waals surface area (Å²) in [6, 6.07) is 9.18. The van der Waals surface area contributed by atoms with Crippen LogP contribution in [0, 0.1) is 4.77 Å². The van der Waals surface area contributed by atoms with Gasteiger partial charge in [-0.05, 0) is 30.4 Å². The van der Waals surface area contributed by atoms with Crippen molar-refractivity contribution in [2.75, 3.05) is 7.11 Å². The molecule has 0 bridgehead atoms. The van der Waals surface area contributed by atoms with Gasteiger partial charge in [0.2, 0.25) is 0 Å². The fourth-order valence-electron chi connectivity index (χ4n) is 2.97. The van der Waals surface area contributed by atoms with Gasteiger partial charge in [0.15, 0.2) is 16.9 Å². The summed E-state index contributed by atoms with van der Waals surface area (Å²) in [6.45, 7) is 0.435. The largest absolute Gasteiger partial charge is 0.496 e. The van der Waals surface area contributed by atoms with E-state index in [1.165, 1.54) is 6.39 Å². The van der Waals surface area contributed by atoms with Gasteiger partial charge in [0.25, 0.3) is 5.56 Å². The van der Waals surface area contributed by atoms with Crippen molar-refractivity contribution in [3.8, 4) is 17.1 Å². The molecular formula is C19H16N4O3S. The van der Waals surface area contributed by atoms with E-state index in [1.807, 2.05) is 18.2 Å². The zero-order valence-corrected chi connectivity index (χ0v) is 15.3. The van der Waals surface area contributed by atoms with Crippen LogP contribution in [0.3, 0.4) is 0 Å². The van der Waals surface area contributed by atoms with Crippen molar-refractivity contribution in [1.82, 2.24) is 19.5 Å². The normalized spacial score (nSPS) is 11.0. The number of aryl methyl sites for hydroxylation is 1. The first-order valence-electron chi connectivity index (χ1n) is 8.31. The molecule has 7 nitrogen and oxygen atoms in total. The molecule has 4 aromatic rings. The highest BCUT2D eigenvalue weighted by atomic mass is 32.1. The molecular weight excluding hydrogens is 364 g/mol. The number of ether oxygens (including phenoxy) is 1. The quantitative estimate of drug-likeness (QED) is 0.534. The van der Waals surface area contributed by atoms with Crippen LogP contribution >= 0.6 is 12.2 Å². The van der Waals surface area contributed by atoms with Gasteiger partial charge in [0.05, 0.1) is 29.8 Å². The van der Waals surface area contributed by atoms with E-state index < -0.39 is 0 Å².